The standard InChI is InChI=1S/C19H28N2O4S/c1-25-19(22)17-7-5-15(6-8-17)13-20-11-9-18(10-12-20)21(26(2,23)24)14-16-3-4-16/h5-8,16,18H,3-4,9-14H2,1-2H3. The zero-order valence-corrected chi connectivity index (χ0v) is 16.4. The fourth-order valence-electron chi connectivity index (χ4n) is 3.60. The van der Waals surface area contributed by atoms with Gasteiger partial charge in [-0.1, -0.05) is 12.1 Å². The lowest BCUT2D eigenvalue weighted by atomic mass is 10.0. The van der Waals surface area contributed by atoms with Gasteiger partial charge in [-0.2, -0.15) is 4.31 Å². The van der Waals surface area contributed by atoms with Crippen molar-refractivity contribution in [2.24, 2.45) is 5.92 Å². The fraction of sp³-hybridized carbons (Fsp3) is 0.632. The van der Waals surface area contributed by atoms with Crippen LogP contribution < -0.4 is 0 Å². The van der Waals surface area contributed by atoms with E-state index in [1.807, 2.05) is 12.1 Å². The number of nitrogens with zero attached hydrogens (tertiary/aromatic N) is 2. The Kier molecular flexibility index (Phi) is 5.99. The van der Waals surface area contributed by atoms with E-state index in [2.05, 4.69) is 4.90 Å². The number of benzene rings is 1. The molecule has 0 atom stereocenters. The first kappa shape index (κ1) is 19.3. The van der Waals surface area contributed by atoms with E-state index in [0.717, 1.165) is 50.9 Å². The van der Waals surface area contributed by atoms with Crippen LogP contribution in [0.2, 0.25) is 0 Å². The van der Waals surface area contributed by atoms with Crippen LogP contribution in [-0.4, -0.2) is 62.6 Å². The van der Waals surface area contributed by atoms with Crippen molar-refractivity contribution >= 4 is 16.0 Å². The molecule has 6 nitrogen and oxygen atoms in total. The van der Waals surface area contributed by atoms with E-state index in [-0.39, 0.29) is 12.0 Å². The minimum absolute atomic E-state index is 0.128. The summed E-state index contributed by atoms with van der Waals surface area (Å²) >= 11 is 0. The second kappa shape index (κ2) is 8.06. The van der Waals surface area contributed by atoms with Crippen molar-refractivity contribution in [2.45, 2.75) is 38.3 Å². The minimum atomic E-state index is -3.14. The van der Waals surface area contributed by atoms with Gasteiger partial charge >= 0.3 is 5.97 Å². The molecule has 144 valence electrons. The molecule has 1 aliphatic heterocycles. The molecule has 1 aromatic carbocycles. The lowest BCUT2D eigenvalue weighted by Gasteiger charge is -2.37. The fourth-order valence-corrected chi connectivity index (χ4v) is 4.83. The van der Waals surface area contributed by atoms with Gasteiger partial charge < -0.3 is 4.74 Å². The summed E-state index contributed by atoms with van der Waals surface area (Å²) in [6, 6.07) is 7.61. The molecule has 1 saturated carbocycles. The van der Waals surface area contributed by atoms with Crippen molar-refractivity contribution < 1.29 is 17.9 Å². The van der Waals surface area contributed by atoms with Crippen LogP contribution in [0.4, 0.5) is 0 Å². The maximum Gasteiger partial charge on any atom is 0.337 e. The van der Waals surface area contributed by atoms with Crippen LogP contribution >= 0.6 is 0 Å². The second-order valence-electron chi connectivity index (χ2n) is 7.47. The SMILES string of the molecule is COC(=O)c1ccc(CN2CCC(N(CC3CC3)S(C)(=O)=O)CC2)cc1. The summed E-state index contributed by atoms with van der Waals surface area (Å²) in [5.74, 6) is 0.241. The molecule has 1 aromatic rings. The molecule has 0 N–H and O–H groups in total. The second-order valence-corrected chi connectivity index (χ2v) is 9.41. The molecule has 0 spiro atoms. The number of likely N-dealkylation sites (tertiary alicyclic amines) is 1. The Bertz CT molecular complexity index is 720. The molecule has 2 aliphatic rings. The van der Waals surface area contributed by atoms with Crippen LogP contribution in [0.5, 0.6) is 0 Å². The number of hydrogen-bond donors (Lipinski definition) is 0. The van der Waals surface area contributed by atoms with Crippen molar-refractivity contribution in [2.75, 3.05) is 33.0 Å². The highest BCUT2D eigenvalue weighted by Crippen LogP contribution is 2.32. The summed E-state index contributed by atoms with van der Waals surface area (Å²) < 4.78 is 30.8. The molecular formula is C19H28N2O4S. The first-order chi connectivity index (χ1) is 12.4. The molecule has 1 heterocycles. The van der Waals surface area contributed by atoms with E-state index < -0.39 is 10.0 Å². The van der Waals surface area contributed by atoms with Crippen molar-refractivity contribution in [1.82, 2.24) is 9.21 Å². The minimum Gasteiger partial charge on any atom is -0.465 e. The average molecular weight is 381 g/mol. The molecule has 2 fully saturated rings. The predicted octanol–water partition coefficient (Wildman–Crippen LogP) is 2.11. The smallest absolute Gasteiger partial charge is 0.337 e. The van der Waals surface area contributed by atoms with Gasteiger partial charge in [-0.15, -0.1) is 0 Å². The molecule has 0 aromatic heterocycles. The monoisotopic (exact) mass is 380 g/mol. The number of esters is 1. The van der Waals surface area contributed by atoms with Gasteiger partial charge in [-0.05, 0) is 49.3 Å². The van der Waals surface area contributed by atoms with Crippen molar-refractivity contribution in [3.05, 3.63) is 35.4 Å². The maximum absolute atomic E-state index is 12.2. The Morgan fingerprint density at radius 3 is 2.27 bits per heavy atom. The number of piperidine rings is 1. The lowest BCUT2D eigenvalue weighted by Crippen LogP contribution is -2.47. The van der Waals surface area contributed by atoms with Gasteiger partial charge in [0, 0.05) is 32.2 Å². The number of rotatable bonds is 7. The molecular weight excluding hydrogens is 352 g/mol. The van der Waals surface area contributed by atoms with Crippen molar-refractivity contribution in [3.8, 4) is 0 Å². The summed E-state index contributed by atoms with van der Waals surface area (Å²) in [5.41, 5.74) is 1.70. The topological polar surface area (TPSA) is 66.9 Å². The van der Waals surface area contributed by atoms with Crippen LogP contribution in [0.3, 0.4) is 0 Å². The molecule has 3 rings (SSSR count). The zero-order chi connectivity index (χ0) is 18.7. The van der Waals surface area contributed by atoms with Crippen LogP contribution in [0, 0.1) is 5.92 Å². The molecule has 7 heteroatoms. The van der Waals surface area contributed by atoms with Gasteiger partial charge in [-0.25, -0.2) is 13.2 Å². The van der Waals surface area contributed by atoms with Crippen molar-refractivity contribution in [1.29, 1.82) is 0 Å². The molecule has 26 heavy (non-hydrogen) atoms. The molecule has 0 amide bonds. The average Bonchev–Trinajstić information content (AvgIpc) is 3.44. The third-order valence-electron chi connectivity index (χ3n) is 5.31. The molecule has 0 radical (unpaired) electrons. The van der Waals surface area contributed by atoms with Gasteiger partial charge in [0.15, 0.2) is 0 Å². The first-order valence-corrected chi connectivity index (χ1v) is 11.1. The Morgan fingerprint density at radius 1 is 1.15 bits per heavy atom. The van der Waals surface area contributed by atoms with Gasteiger partial charge in [0.05, 0.1) is 18.9 Å². The number of hydrogen-bond acceptors (Lipinski definition) is 5. The summed E-state index contributed by atoms with van der Waals surface area (Å²) in [6.07, 6.45) is 5.41. The molecule has 1 aliphatic carbocycles. The van der Waals surface area contributed by atoms with E-state index in [1.165, 1.54) is 13.4 Å². The van der Waals surface area contributed by atoms with Gasteiger partial charge in [0.2, 0.25) is 10.0 Å². The van der Waals surface area contributed by atoms with Crippen LogP contribution in [0.25, 0.3) is 0 Å². The van der Waals surface area contributed by atoms with Crippen LogP contribution in [0.15, 0.2) is 24.3 Å². The summed E-state index contributed by atoms with van der Waals surface area (Å²) in [4.78, 5) is 13.8. The van der Waals surface area contributed by atoms with Crippen molar-refractivity contribution in [3.63, 3.8) is 0 Å². The number of sulfonamides is 1. The van der Waals surface area contributed by atoms with E-state index in [0.29, 0.717) is 18.0 Å². The first-order valence-electron chi connectivity index (χ1n) is 9.23. The Labute approximate surface area is 156 Å². The zero-order valence-electron chi connectivity index (χ0n) is 15.6. The van der Waals surface area contributed by atoms with Crippen LogP contribution in [0.1, 0.15) is 41.6 Å². The van der Waals surface area contributed by atoms with E-state index in [1.54, 1.807) is 16.4 Å². The van der Waals surface area contributed by atoms with Gasteiger partial charge in [0.1, 0.15) is 0 Å². The highest BCUT2D eigenvalue weighted by atomic mass is 32.2. The summed E-state index contributed by atoms with van der Waals surface area (Å²) in [6.45, 7) is 3.29. The number of carbonyl (C=O) groups excluding carboxylic acids is 1. The van der Waals surface area contributed by atoms with E-state index >= 15 is 0 Å². The van der Waals surface area contributed by atoms with E-state index in [9.17, 15) is 13.2 Å². The number of ether oxygens (including phenoxy) is 1. The summed E-state index contributed by atoms with van der Waals surface area (Å²) in [7, 11) is -1.76. The molecule has 1 saturated heterocycles. The maximum atomic E-state index is 12.2. The third-order valence-corrected chi connectivity index (χ3v) is 6.61. The normalized spacial score (nSPS) is 19.7. The van der Waals surface area contributed by atoms with E-state index in [4.69, 9.17) is 4.74 Å². The van der Waals surface area contributed by atoms with Gasteiger partial charge in [0.25, 0.3) is 0 Å². The molecule has 0 unspecified atom stereocenters. The quantitative estimate of drug-likeness (QED) is 0.678. The number of carbonyl (C=O) groups is 1. The largest absolute Gasteiger partial charge is 0.465 e. The number of methoxy groups -OCH3 is 1. The Balaban J connectivity index is 1.53. The highest BCUT2D eigenvalue weighted by Gasteiger charge is 2.34. The summed E-state index contributed by atoms with van der Waals surface area (Å²) in [5, 5.41) is 0. The molecule has 0 bridgehead atoms. The highest BCUT2D eigenvalue weighted by molar-refractivity contribution is 7.88. The third kappa shape index (κ3) is 5.05. The lowest BCUT2D eigenvalue weighted by molar-refractivity contribution is 0.0600. The van der Waals surface area contributed by atoms with Crippen LogP contribution in [-0.2, 0) is 21.3 Å². The Hall–Kier alpha value is -1.44. The predicted molar refractivity (Wildman–Crippen MR) is 100 cm³/mol. The van der Waals surface area contributed by atoms with Gasteiger partial charge in [-0.3, -0.25) is 4.90 Å². The Morgan fingerprint density at radius 2 is 1.77 bits per heavy atom.